The van der Waals surface area contributed by atoms with E-state index in [1.54, 1.807) is 20.8 Å². The number of nitrogens with one attached hydrogen (secondary N) is 1. The Hall–Kier alpha value is -1.76. The highest BCUT2D eigenvalue weighted by molar-refractivity contribution is 5.61. The Balaban J connectivity index is 2.82. The van der Waals surface area contributed by atoms with Gasteiger partial charge in [0.25, 0.3) is 0 Å². The van der Waals surface area contributed by atoms with Gasteiger partial charge in [-0.15, -0.1) is 0 Å². The molecule has 2 aromatic rings. The molecular weight excluding hydrogens is 254 g/mol. The van der Waals surface area contributed by atoms with Crippen LogP contribution >= 0.6 is 0 Å². The van der Waals surface area contributed by atoms with Crippen LogP contribution in [0.5, 0.6) is 0 Å². The highest BCUT2D eigenvalue weighted by Gasteiger charge is 2.14. The summed E-state index contributed by atoms with van der Waals surface area (Å²) >= 11 is 0. The SMILES string of the molecule is [2H]c1c([2H])c(Nc2c([2H])c([2H])c(C(C)(C)C)c([2H])c2[2H])c([2H])c(C(C)(C)C)c1[2H]. The van der Waals surface area contributed by atoms with Gasteiger partial charge in [-0.2, -0.15) is 0 Å². The number of anilines is 2. The summed E-state index contributed by atoms with van der Waals surface area (Å²) in [5.74, 6) is 0. The van der Waals surface area contributed by atoms with Gasteiger partial charge in [0, 0.05) is 11.4 Å². The van der Waals surface area contributed by atoms with Gasteiger partial charge in [-0.1, -0.05) is 65.7 Å². The summed E-state index contributed by atoms with van der Waals surface area (Å²) in [7, 11) is 0. The lowest BCUT2D eigenvalue weighted by atomic mass is 9.86. The maximum Gasteiger partial charge on any atom is 0.0648 e. The van der Waals surface area contributed by atoms with Gasteiger partial charge < -0.3 is 5.32 Å². The maximum atomic E-state index is 8.52. The molecule has 0 heterocycles. The summed E-state index contributed by atoms with van der Waals surface area (Å²) in [5, 5.41) is 2.72. The van der Waals surface area contributed by atoms with Crippen LogP contribution in [-0.4, -0.2) is 0 Å². The van der Waals surface area contributed by atoms with E-state index in [0.717, 1.165) is 0 Å². The fourth-order valence-corrected chi connectivity index (χ4v) is 1.66. The Morgan fingerprint density at radius 1 is 0.714 bits per heavy atom. The van der Waals surface area contributed by atoms with Crippen molar-refractivity contribution < 1.29 is 11.0 Å². The molecule has 0 aromatic heterocycles. The Morgan fingerprint density at radius 2 is 1.29 bits per heavy atom. The van der Waals surface area contributed by atoms with Crippen molar-refractivity contribution in [1.29, 1.82) is 0 Å². The molecule has 0 saturated heterocycles. The van der Waals surface area contributed by atoms with Crippen LogP contribution in [0.15, 0.2) is 48.3 Å². The van der Waals surface area contributed by atoms with Gasteiger partial charge in [-0.25, -0.2) is 0 Å². The molecule has 0 aliphatic rings. The monoisotopic (exact) mass is 289 g/mol. The van der Waals surface area contributed by atoms with Crippen LogP contribution in [0.25, 0.3) is 0 Å². The number of rotatable bonds is 2. The topological polar surface area (TPSA) is 12.0 Å². The first-order chi connectivity index (χ1) is 13.0. The Labute approximate surface area is 140 Å². The smallest absolute Gasteiger partial charge is 0.0648 e. The van der Waals surface area contributed by atoms with E-state index in [1.807, 2.05) is 20.8 Å². The predicted octanol–water partition coefficient (Wildman–Crippen LogP) is 6.03. The molecule has 2 aromatic carbocycles. The lowest BCUT2D eigenvalue weighted by Gasteiger charge is -2.21. The van der Waals surface area contributed by atoms with E-state index < -0.39 is 10.8 Å². The molecule has 0 bridgehead atoms. The number of benzene rings is 2. The fourth-order valence-electron chi connectivity index (χ4n) is 1.66. The molecule has 0 saturated carbocycles. The first kappa shape index (κ1) is 8.03. The Bertz CT molecular complexity index is 955. The van der Waals surface area contributed by atoms with E-state index in [-0.39, 0.29) is 70.8 Å². The van der Waals surface area contributed by atoms with E-state index in [2.05, 4.69) is 5.32 Å². The molecule has 0 fully saturated rings. The second-order valence-corrected chi connectivity index (χ2v) is 7.12. The van der Waals surface area contributed by atoms with Crippen molar-refractivity contribution in [2.24, 2.45) is 0 Å². The third kappa shape index (κ3) is 4.10. The molecule has 0 atom stereocenters. The van der Waals surface area contributed by atoms with E-state index in [0.29, 0.717) is 0 Å². The molecule has 1 nitrogen and oxygen atoms in total. The lowest BCUT2D eigenvalue weighted by Crippen LogP contribution is -2.11. The molecule has 0 radical (unpaired) electrons. The van der Waals surface area contributed by atoms with Crippen molar-refractivity contribution in [3.05, 3.63) is 59.5 Å². The minimum absolute atomic E-state index is 0.0970. The van der Waals surface area contributed by atoms with E-state index in [4.69, 9.17) is 11.0 Å². The van der Waals surface area contributed by atoms with Crippen molar-refractivity contribution in [3.8, 4) is 0 Å². The molecule has 112 valence electrons. The summed E-state index contributed by atoms with van der Waals surface area (Å²) in [4.78, 5) is 0. The van der Waals surface area contributed by atoms with Crippen LogP contribution in [0.4, 0.5) is 11.4 Å². The van der Waals surface area contributed by atoms with E-state index in [1.165, 1.54) is 0 Å². The summed E-state index contributed by atoms with van der Waals surface area (Å²) in [6.07, 6.45) is 0. The Kier molecular flexibility index (Phi) is 2.12. The van der Waals surface area contributed by atoms with Gasteiger partial charge in [0.15, 0.2) is 0 Å². The average molecular weight is 289 g/mol. The van der Waals surface area contributed by atoms with Gasteiger partial charge in [0.05, 0.1) is 11.0 Å². The van der Waals surface area contributed by atoms with Crippen LogP contribution < -0.4 is 5.32 Å². The van der Waals surface area contributed by atoms with Crippen molar-refractivity contribution in [1.82, 2.24) is 0 Å². The van der Waals surface area contributed by atoms with Crippen molar-refractivity contribution >= 4 is 11.4 Å². The molecule has 0 amide bonds. The largest absolute Gasteiger partial charge is 0.356 e. The standard InChI is InChI=1S/C20H27N/c1-19(2,3)15-10-12-17(13-11-15)21-18-9-7-8-16(14-18)20(4,5)6/h7-14,21H,1-6H3/i7D,8D,9D,10D,11D,12D,13D,14D. The summed E-state index contributed by atoms with van der Waals surface area (Å²) in [6, 6.07) is -2.04. The zero-order chi connectivity index (χ0) is 22.6. The van der Waals surface area contributed by atoms with Gasteiger partial charge >= 0.3 is 0 Å². The highest BCUT2D eigenvalue weighted by atomic mass is 14.9. The third-order valence-electron chi connectivity index (χ3n) is 3.00. The van der Waals surface area contributed by atoms with Gasteiger partial charge in [0.1, 0.15) is 0 Å². The molecule has 0 aliphatic heterocycles. The molecule has 1 N–H and O–H groups in total. The van der Waals surface area contributed by atoms with Crippen LogP contribution in [0.1, 0.15) is 63.6 Å². The molecule has 0 aliphatic carbocycles. The molecular formula is C20H27N. The summed E-state index contributed by atoms with van der Waals surface area (Å²) in [6.45, 7) is 10.8. The van der Waals surface area contributed by atoms with Gasteiger partial charge in [-0.05, 0) is 46.1 Å². The van der Waals surface area contributed by atoms with Crippen LogP contribution in [0, 0.1) is 0 Å². The lowest BCUT2D eigenvalue weighted by molar-refractivity contribution is 0.590. The molecule has 21 heavy (non-hydrogen) atoms. The highest BCUT2D eigenvalue weighted by Crippen LogP contribution is 2.27. The zero-order valence-corrected chi connectivity index (χ0v) is 13.5. The van der Waals surface area contributed by atoms with Gasteiger partial charge in [0.2, 0.25) is 0 Å². The van der Waals surface area contributed by atoms with E-state index >= 15 is 0 Å². The number of hydrogen-bond acceptors (Lipinski definition) is 1. The molecule has 0 spiro atoms. The number of hydrogen-bond donors (Lipinski definition) is 1. The molecule has 1 heteroatoms. The second-order valence-electron chi connectivity index (χ2n) is 7.12. The first-order valence-corrected chi connectivity index (χ1v) is 7.00. The normalized spacial score (nSPS) is 17.6. The average Bonchev–Trinajstić information content (AvgIpc) is 2.55. The van der Waals surface area contributed by atoms with Crippen molar-refractivity contribution in [2.45, 2.75) is 52.4 Å². The van der Waals surface area contributed by atoms with Crippen LogP contribution in [0.2, 0.25) is 0 Å². The molecule has 2 rings (SSSR count). The molecule has 0 unspecified atom stereocenters. The van der Waals surface area contributed by atoms with Gasteiger partial charge in [-0.3, -0.25) is 0 Å². The minimum atomic E-state index is -0.626. The quantitative estimate of drug-likeness (QED) is 0.712. The third-order valence-corrected chi connectivity index (χ3v) is 3.00. The summed E-state index contributed by atoms with van der Waals surface area (Å²) < 4.78 is 66.4. The van der Waals surface area contributed by atoms with Crippen molar-refractivity contribution in [3.63, 3.8) is 0 Å². The Morgan fingerprint density at radius 3 is 1.81 bits per heavy atom. The van der Waals surface area contributed by atoms with Crippen molar-refractivity contribution in [2.75, 3.05) is 5.32 Å². The fraction of sp³-hybridized carbons (Fsp3) is 0.400. The first-order valence-electron chi connectivity index (χ1n) is 11.0. The second kappa shape index (κ2) is 5.55. The maximum absolute atomic E-state index is 8.52. The van der Waals surface area contributed by atoms with Crippen LogP contribution in [0.3, 0.4) is 0 Å². The zero-order valence-electron chi connectivity index (χ0n) is 21.5. The van der Waals surface area contributed by atoms with E-state index in [9.17, 15) is 0 Å². The summed E-state index contributed by atoms with van der Waals surface area (Å²) in [5.41, 5.74) is -0.901. The predicted molar refractivity (Wildman–Crippen MR) is 93.6 cm³/mol. The van der Waals surface area contributed by atoms with Crippen LogP contribution in [-0.2, 0) is 10.8 Å². The minimum Gasteiger partial charge on any atom is -0.356 e.